The maximum Gasteiger partial charge on any atom is 0.290 e. The average Bonchev–Trinajstić information content (AvgIpc) is 2.74. The minimum absolute atomic E-state index is 0.242. The van der Waals surface area contributed by atoms with Crippen molar-refractivity contribution in [3.8, 4) is 5.75 Å². The molecular formula is C22H25ClF2O6. The number of hydrogen-bond acceptors (Lipinski definition) is 6. The molecule has 3 rings (SSSR count). The highest BCUT2D eigenvalue weighted by Crippen LogP contribution is 2.51. The standard InChI is InChI=1S/C22H25ClF2O6/c1-2-31-15-6-3-12(4-7-15)9-13-10-14(5-8-17(13)23)21(30)20(29)19(28)18(27)16(11-26)22(21,24)25/h3-8,10,16,18-20,26-30H,2,9,11H2,1H3/t16-,18-,19?,20-,21-/m1/s1. The van der Waals surface area contributed by atoms with Gasteiger partial charge in [0.05, 0.1) is 25.2 Å². The van der Waals surface area contributed by atoms with Crippen LogP contribution in [0.4, 0.5) is 8.78 Å². The monoisotopic (exact) mass is 458 g/mol. The van der Waals surface area contributed by atoms with Gasteiger partial charge < -0.3 is 30.3 Å². The lowest BCUT2D eigenvalue weighted by Crippen LogP contribution is -2.70. The Morgan fingerprint density at radius 2 is 1.68 bits per heavy atom. The normalized spacial score (nSPS) is 30.2. The molecule has 0 bridgehead atoms. The molecular weight excluding hydrogens is 434 g/mol. The summed E-state index contributed by atoms with van der Waals surface area (Å²) in [6, 6.07) is 10.8. The number of hydrogen-bond donors (Lipinski definition) is 5. The molecule has 9 heteroatoms. The number of aliphatic hydroxyl groups excluding tert-OH is 4. The zero-order valence-corrected chi connectivity index (χ0v) is 17.5. The fourth-order valence-electron chi connectivity index (χ4n) is 3.99. The Hall–Kier alpha value is -1.81. The summed E-state index contributed by atoms with van der Waals surface area (Å²) in [5, 5.41) is 50.9. The molecule has 31 heavy (non-hydrogen) atoms. The second-order valence-electron chi connectivity index (χ2n) is 7.66. The van der Waals surface area contributed by atoms with Crippen LogP contribution in [0, 0.1) is 5.92 Å². The van der Waals surface area contributed by atoms with Crippen molar-refractivity contribution in [2.24, 2.45) is 5.92 Å². The molecule has 5 N–H and O–H groups in total. The summed E-state index contributed by atoms with van der Waals surface area (Å²) in [6.45, 7) is 1.17. The Morgan fingerprint density at radius 1 is 1.03 bits per heavy atom. The zero-order valence-electron chi connectivity index (χ0n) is 16.8. The second kappa shape index (κ2) is 8.97. The molecule has 0 aromatic heterocycles. The van der Waals surface area contributed by atoms with E-state index < -0.39 is 42.4 Å². The van der Waals surface area contributed by atoms with Gasteiger partial charge in [-0.05, 0) is 48.2 Å². The van der Waals surface area contributed by atoms with Gasteiger partial charge in [-0.2, -0.15) is 0 Å². The zero-order chi connectivity index (χ0) is 23.0. The van der Waals surface area contributed by atoms with Crippen LogP contribution in [0.3, 0.4) is 0 Å². The fraction of sp³-hybridized carbons (Fsp3) is 0.455. The molecule has 2 aromatic carbocycles. The quantitative estimate of drug-likeness (QED) is 0.452. The SMILES string of the molecule is CCOc1ccc(Cc2cc([C@@]3(O)[C@H](O)C(O)[C@H](O)[C@@H](CO)C3(F)F)ccc2Cl)cc1. The molecule has 0 amide bonds. The highest BCUT2D eigenvalue weighted by atomic mass is 35.5. The molecule has 5 atom stereocenters. The largest absolute Gasteiger partial charge is 0.494 e. The summed E-state index contributed by atoms with van der Waals surface area (Å²) in [4.78, 5) is 0. The molecule has 0 spiro atoms. The van der Waals surface area contributed by atoms with E-state index in [1.54, 1.807) is 24.3 Å². The van der Waals surface area contributed by atoms with Crippen molar-refractivity contribution in [3.05, 3.63) is 64.2 Å². The number of benzene rings is 2. The molecule has 6 nitrogen and oxygen atoms in total. The molecule has 1 unspecified atom stereocenters. The molecule has 1 aliphatic carbocycles. The Balaban J connectivity index is 2.00. The van der Waals surface area contributed by atoms with Gasteiger partial charge in [-0.3, -0.25) is 0 Å². The molecule has 170 valence electrons. The van der Waals surface area contributed by atoms with Crippen LogP contribution >= 0.6 is 11.6 Å². The average molecular weight is 459 g/mol. The number of rotatable bonds is 6. The van der Waals surface area contributed by atoms with Crippen molar-refractivity contribution >= 4 is 11.6 Å². The van der Waals surface area contributed by atoms with Gasteiger partial charge in [-0.1, -0.05) is 35.9 Å². The summed E-state index contributed by atoms with van der Waals surface area (Å²) in [6.07, 6.45) is -6.37. The molecule has 1 aliphatic rings. The number of halogens is 3. The van der Waals surface area contributed by atoms with Gasteiger partial charge in [-0.25, -0.2) is 8.78 Å². The first-order chi connectivity index (χ1) is 14.6. The predicted octanol–water partition coefficient (Wildman–Crippen LogP) is 1.86. The maximum absolute atomic E-state index is 15.2. The van der Waals surface area contributed by atoms with Crippen LogP contribution in [0.5, 0.6) is 5.75 Å². The highest BCUT2D eigenvalue weighted by molar-refractivity contribution is 6.31. The van der Waals surface area contributed by atoms with Crippen molar-refractivity contribution in [1.82, 2.24) is 0 Å². The van der Waals surface area contributed by atoms with E-state index in [-0.39, 0.29) is 17.0 Å². The predicted molar refractivity (Wildman–Crippen MR) is 109 cm³/mol. The maximum atomic E-state index is 15.2. The first-order valence-corrected chi connectivity index (χ1v) is 10.2. The van der Waals surface area contributed by atoms with Crippen molar-refractivity contribution in [2.75, 3.05) is 13.2 Å². The van der Waals surface area contributed by atoms with Crippen molar-refractivity contribution in [1.29, 1.82) is 0 Å². The van der Waals surface area contributed by atoms with Crippen molar-refractivity contribution in [3.63, 3.8) is 0 Å². The molecule has 1 fully saturated rings. The fourth-order valence-corrected chi connectivity index (χ4v) is 4.17. The topological polar surface area (TPSA) is 110 Å². The highest BCUT2D eigenvalue weighted by Gasteiger charge is 2.70. The van der Waals surface area contributed by atoms with Gasteiger partial charge in [0.25, 0.3) is 5.92 Å². The third kappa shape index (κ3) is 4.04. The lowest BCUT2D eigenvalue weighted by molar-refractivity contribution is -0.328. The van der Waals surface area contributed by atoms with E-state index in [1.807, 2.05) is 6.92 Å². The summed E-state index contributed by atoms with van der Waals surface area (Å²) in [5.41, 5.74) is -2.44. The third-order valence-electron chi connectivity index (χ3n) is 5.80. The Morgan fingerprint density at radius 3 is 2.26 bits per heavy atom. The molecule has 0 saturated heterocycles. The Bertz CT molecular complexity index is 909. The van der Waals surface area contributed by atoms with Crippen LogP contribution in [-0.4, -0.2) is 63.0 Å². The van der Waals surface area contributed by atoms with Crippen molar-refractivity contribution in [2.45, 2.75) is 43.2 Å². The molecule has 0 aliphatic heterocycles. The molecule has 2 aromatic rings. The molecule has 0 heterocycles. The van der Waals surface area contributed by atoms with Crippen LogP contribution in [0.25, 0.3) is 0 Å². The smallest absolute Gasteiger partial charge is 0.290 e. The van der Waals surface area contributed by atoms with Crippen LogP contribution < -0.4 is 4.74 Å². The first kappa shape index (κ1) is 23.8. The summed E-state index contributed by atoms with van der Waals surface area (Å²) in [7, 11) is 0. The summed E-state index contributed by atoms with van der Waals surface area (Å²) in [5.74, 6) is -5.65. The van der Waals surface area contributed by atoms with Crippen LogP contribution in [0.15, 0.2) is 42.5 Å². The Labute approximate surface area is 183 Å². The van der Waals surface area contributed by atoms with E-state index in [0.29, 0.717) is 17.9 Å². The van der Waals surface area contributed by atoms with E-state index in [1.165, 1.54) is 12.1 Å². The van der Waals surface area contributed by atoms with E-state index in [4.69, 9.17) is 16.3 Å². The van der Waals surface area contributed by atoms with Gasteiger partial charge in [0, 0.05) is 5.02 Å². The first-order valence-electron chi connectivity index (χ1n) is 9.83. The van der Waals surface area contributed by atoms with Gasteiger partial charge in [0.2, 0.25) is 0 Å². The molecule has 0 radical (unpaired) electrons. The lowest BCUT2D eigenvalue weighted by Gasteiger charge is -2.51. The number of ether oxygens (including phenoxy) is 1. The third-order valence-corrected chi connectivity index (χ3v) is 6.17. The van der Waals surface area contributed by atoms with Crippen LogP contribution in [0.1, 0.15) is 23.6 Å². The van der Waals surface area contributed by atoms with Gasteiger partial charge in [-0.15, -0.1) is 0 Å². The summed E-state index contributed by atoms with van der Waals surface area (Å²) >= 11 is 6.24. The van der Waals surface area contributed by atoms with E-state index in [0.717, 1.165) is 11.6 Å². The van der Waals surface area contributed by atoms with Gasteiger partial charge in [0.15, 0.2) is 5.60 Å². The van der Waals surface area contributed by atoms with Crippen molar-refractivity contribution < 1.29 is 39.1 Å². The minimum atomic E-state index is -4.15. The Kier molecular flexibility index (Phi) is 6.90. The van der Waals surface area contributed by atoms with E-state index in [9.17, 15) is 25.5 Å². The van der Waals surface area contributed by atoms with Gasteiger partial charge >= 0.3 is 0 Å². The second-order valence-corrected chi connectivity index (χ2v) is 8.07. The molecule has 1 saturated carbocycles. The number of aliphatic hydroxyl groups is 5. The van der Waals surface area contributed by atoms with E-state index in [2.05, 4.69) is 0 Å². The van der Waals surface area contributed by atoms with Gasteiger partial charge in [0.1, 0.15) is 18.0 Å². The van der Waals surface area contributed by atoms with Crippen LogP contribution in [0.2, 0.25) is 5.02 Å². The van der Waals surface area contributed by atoms with E-state index >= 15 is 8.78 Å². The van der Waals surface area contributed by atoms with Crippen LogP contribution in [-0.2, 0) is 12.0 Å². The lowest BCUT2D eigenvalue weighted by atomic mass is 9.66. The summed E-state index contributed by atoms with van der Waals surface area (Å²) < 4.78 is 35.7. The number of alkyl halides is 2. The minimum Gasteiger partial charge on any atom is -0.494 e.